The molecule has 0 saturated heterocycles. The van der Waals surface area contributed by atoms with Crippen molar-refractivity contribution in [1.29, 1.82) is 0 Å². The quantitative estimate of drug-likeness (QED) is 0.187. The van der Waals surface area contributed by atoms with Gasteiger partial charge in [0.2, 0.25) is 0 Å². The van der Waals surface area contributed by atoms with Crippen molar-refractivity contribution in [2.24, 2.45) is 9.98 Å². The van der Waals surface area contributed by atoms with Crippen LogP contribution in [0.15, 0.2) is 170 Å². The van der Waals surface area contributed by atoms with E-state index in [0.29, 0.717) is 18.2 Å². The van der Waals surface area contributed by atoms with E-state index in [4.69, 9.17) is 18.8 Å². The molecule has 2 atom stereocenters. The standard InChI is InChI=1S/C46H32N2O2/c1-4-12-29(13-5-1)32-20-22-35-36-23-21-33(27-43(36)49-42(35)26-32)46-47-39(30-14-6-2-7-15-30)28-40(48-46)38-25-24-37-34-18-10-11-19-41(34)50-45(37)44(38)31-16-8-3-9-17-31/h1-25,27,32,39H,26,28H2. The molecule has 0 radical (unpaired) electrons. The first-order chi connectivity index (χ1) is 24.8. The maximum atomic E-state index is 6.61. The highest BCUT2D eigenvalue weighted by atomic mass is 16.3. The number of nitrogens with zero attached hydrogens (tertiary/aromatic N) is 2. The van der Waals surface area contributed by atoms with Crippen LogP contribution in [-0.4, -0.2) is 11.5 Å². The van der Waals surface area contributed by atoms with E-state index in [1.54, 1.807) is 0 Å². The lowest BCUT2D eigenvalue weighted by Crippen LogP contribution is -2.18. The molecule has 3 heterocycles. The fourth-order valence-electron chi connectivity index (χ4n) is 7.73. The van der Waals surface area contributed by atoms with E-state index in [2.05, 4.69) is 146 Å². The van der Waals surface area contributed by atoms with Crippen molar-refractivity contribution < 1.29 is 8.83 Å². The van der Waals surface area contributed by atoms with Gasteiger partial charge in [0, 0.05) is 57.2 Å². The summed E-state index contributed by atoms with van der Waals surface area (Å²) in [6, 6.07) is 50.7. The van der Waals surface area contributed by atoms with Gasteiger partial charge in [0.1, 0.15) is 22.5 Å². The second kappa shape index (κ2) is 11.7. The number of hydrogen-bond donors (Lipinski definition) is 0. The molecule has 1 aliphatic carbocycles. The lowest BCUT2D eigenvalue weighted by molar-refractivity contribution is 0.532. The Morgan fingerprint density at radius 2 is 1.28 bits per heavy atom. The minimum Gasteiger partial charge on any atom is -0.460 e. The average molecular weight is 645 g/mol. The van der Waals surface area contributed by atoms with Crippen molar-refractivity contribution in [1.82, 2.24) is 0 Å². The van der Waals surface area contributed by atoms with E-state index in [1.165, 1.54) is 11.1 Å². The molecule has 0 bridgehead atoms. The fraction of sp³-hybridized carbons (Fsp3) is 0.0870. The normalized spacial score (nSPS) is 17.2. The highest BCUT2D eigenvalue weighted by molar-refractivity contribution is 6.21. The predicted molar refractivity (Wildman–Crippen MR) is 204 cm³/mol. The van der Waals surface area contributed by atoms with Crippen LogP contribution < -0.4 is 0 Å². The highest BCUT2D eigenvalue weighted by Crippen LogP contribution is 2.41. The van der Waals surface area contributed by atoms with Gasteiger partial charge in [0.15, 0.2) is 5.84 Å². The molecule has 0 amide bonds. The Bertz CT molecular complexity index is 2640. The molecular formula is C46H32N2O2. The van der Waals surface area contributed by atoms with Crippen molar-refractivity contribution in [3.05, 3.63) is 185 Å². The number of hydrogen-bond acceptors (Lipinski definition) is 4. The van der Waals surface area contributed by atoms with E-state index in [-0.39, 0.29) is 6.04 Å². The van der Waals surface area contributed by atoms with Crippen LogP contribution in [0.25, 0.3) is 50.1 Å². The maximum absolute atomic E-state index is 6.61. The van der Waals surface area contributed by atoms with Crippen molar-refractivity contribution in [3.63, 3.8) is 0 Å². The van der Waals surface area contributed by atoms with Gasteiger partial charge in [-0.25, -0.2) is 4.99 Å². The third-order valence-corrected chi connectivity index (χ3v) is 10.2. The lowest BCUT2D eigenvalue weighted by Gasteiger charge is -2.23. The molecule has 2 unspecified atom stereocenters. The van der Waals surface area contributed by atoms with E-state index in [1.807, 2.05) is 12.1 Å². The summed E-state index contributed by atoms with van der Waals surface area (Å²) in [7, 11) is 0. The van der Waals surface area contributed by atoms with Gasteiger partial charge in [0.05, 0.1) is 11.8 Å². The first-order valence-corrected chi connectivity index (χ1v) is 17.3. The Labute approximate surface area is 289 Å². The average Bonchev–Trinajstić information content (AvgIpc) is 3.76. The summed E-state index contributed by atoms with van der Waals surface area (Å²) >= 11 is 0. The van der Waals surface area contributed by atoms with E-state index >= 15 is 0 Å². The second-order valence-corrected chi connectivity index (χ2v) is 13.2. The highest BCUT2D eigenvalue weighted by Gasteiger charge is 2.27. The van der Waals surface area contributed by atoms with Gasteiger partial charge in [-0.05, 0) is 41.0 Å². The summed E-state index contributed by atoms with van der Waals surface area (Å²) in [5.74, 6) is 2.03. The molecule has 8 aromatic rings. The van der Waals surface area contributed by atoms with Crippen molar-refractivity contribution in [3.8, 4) is 11.1 Å². The molecule has 6 aromatic carbocycles. The summed E-state index contributed by atoms with van der Waals surface area (Å²) in [6.07, 6.45) is 6.03. The van der Waals surface area contributed by atoms with Crippen LogP contribution >= 0.6 is 0 Å². The minimum absolute atomic E-state index is 0.0937. The summed E-state index contributed by atoms with van der Waals surface area (Å²) in [6.45, 7) is 0. The Morgan fingerprint density at radius 1 is 0.560 bits per heavy atom. The topological polar surface area (TPSA) is 51.0 Å². The predicted octanol–water partition coefficient (Wildman–Crippen LogP) is 11.7. The molecule has 10 rings (SSSR count). The number of aliphatic imine (C=N–C) groups is 2. The van der Waals surface area contributed by atoms with Gasteiger partial charge >= 0.3 is 0 Å². The minimum atomic E-state index is -0.0937. The van der Waals surface area contributed by atoms with Gasteiger partial charge in [-0.15, -0.1) is 0 Å². The number of fused-ring (bicyclic) bond motifs is 6. The molecule has 0 fully saturated rings. The third kappa shape index (κ3) is 4.83. The first-order valence-electron chi connectivity index (χ1n) is 17.3. The monoisotopic (exact) mass is 644 g/mol. The number of allylic oxidation sites excluding steroid dienone is 1. The van der Waals surface area contributed by atoms with Gasteiger partial charge < -0.3 is 8.83 Å². The zero-order chi connectivity index (χ0) is 33.0. The van der Waals surface area contributed by atoms with Crippen LogP contribution in [0.3, 0.4) is 0 Å². The largest absolute Gasteiger partial charge is 0.460 e. The Hall–Kier alpha value is -6.26. The lowest BCUT2D eigenvalue weighted by atomic mass is 9.88. The first kappa shape index (κ1) is 28.7. The Balaban J connectivity index is 1.11. The van der Waals surface area contributed by atoms with E-state index in [0.717, 1.165) is 78.6 Å². The summed E-state index contributed by atoms with van der Waals surface area (Å²) in [5.41, 5.74) is 11.4. The third-order valence-electron chi connectivity index (χ3n) is 10.2. The molecule has 1 aliphatic heterocycles. The van der Waals surface area contributed by atoms with Gasteiger partial charge in [-0.3, -0.25) is 4.99 Å². The fourth-order valence-corrected chi connectivity index (χ4v) is 7.73. The summed E-state index contributed by atoms with van der Waals surface area (Å²) in [5, 5.41) is 3.33. The van der Waals surface area contributed by atoms with Gasteiger partial charge in [-0.1, -0.05) is 133 Å². The number of amidine groups is 1. The van der Waals surface area contributed by atoms with E-state index in [9.17, 15) is 0 Å². The second-order valence-electron chi connectivity index (χ2n) is 13.2. The van der Waals surface area contributed by atoms with Crippen LogP contribution in [0.4, 0.5) is 0 Å². The van der Waals surface area contributed by atoms with Crippen molar-refractivity contribution in [2.75, 3.05) is 0 Å². The summed E-state index contributed by atoms with van der Waals surface area (Å²) in [4.78, 5) is 10.6. The van der Waals surface area contributed by atoms with Crippen molar-refractivity contribution >= 4 is 50.5 Å². The van der Waals surface area contributed by atoms with Crippen LogP contribution in [0.5, 0.6) is 0 Å². The number of rotatable bonds is 5. The smallest absolute Gasteiger partial charge is 0.155 e. The molecule has 50 heavy (non-hydrogen) atoms. The summed E-state index contributed by atoms with van der Waals surface area (Å²) < 4.78 is 13.2. The van der Waals surface area contributed by atoms with Gasteiger partial charge in [0.25, 0.3) is 0 Å². The zero-order valence-corrected chi connectivity index (χ0v) is 27.3. The molecular weight excluding hydrogens is 613 g/mol. The Kier molecular flexibility index (Phi) is 6.73. The van der Waals surface area contributed by atoms with Crippen molar-refractivity contribution in [2.45, 2.75) is 24.8 Å². The molecule has 4 nitrogen and oxygen atoms in total. The SMILES string of the molecule is C1=CC(c2ccccc2)Cc2oc3cc(C4=NC(c5ccccc5)CC(c5ccc6c(oc7ccccc76)c5-c5ccccc5)=N4)ccc3c21. The molecule has 0 saturated carbocycles. The van der Waals surface area contributed by atoms with Crippen LogP contribution in [0.2, 0.25) is 0 Å². The Morgan fingerprint density at radius 3 is 2.10 bits per heavy atom. The van der Waals surface area contributed by atoms with Gasteiger partial charge in [-0.2, -0.15) is 0 Å². The number of para-hydroxylation sites is 1. The van der Waals surface area contributed by atoms with E-state index < -0.39 is 0 Å². The number of benzene rings is 6. The zero-order valence-electron chi connectivity index (χ0n) is 27.3. The molecule has 238 valence electrons. The van der Waals surface area contributed by atoms with Crippen LogP contribution in [0.1, 0.15) is 52.0 Å². The molecule has 0 spiro atoms. The van der Waals surface area contributed by atoms with Crippen LogP contribution in [0, 0.1) is 0 Å². The number of furan rings is 2. The molecule has 0 N–H and O–H groups in total. The van der Waals surface area contributed by atoms with Crippen LogP contribution in [-0.2, 0) is 6.42 Å². The molecule has 2 aromatic heterocycles. The molecule has 2 aliphatic rings. The maximum Gasteiger partial charge on any atom is 0.155 e. The molecule has 4 heteroatoms.